The van der Waals surface area contributed by atoms with Crippen LogP contribution in [0.25, 0.3) is 10.8 Å². The van der Waals surface area contributed by atoms with Crippen molar-refractivity contribution in [2.75, 3.05) is 25.9 Å². The highest BCUT2D eigenvalue weighted by atomic mass is 32.2. The molecule has 1 aliphatic heterocycles. The first-order valence-electron chi connectivity index (χ1n) is 11.1. The lowest BCUT2D eigenvalue weighted by atomic mass is 9.96. The molecule has 31 heavy (non-hydrogen) atoms. The maximum atomic E-state index is 12.3. The van der Waals surface area contributed by atoms with Crippen LogP contribution in [0.1, 0.15) is 24.0 Å². The van der Waals surface area contributed by atoms with Gasteiger partial charge in [0.15, 0.2) is 0 Å². The number of amides is 2. The fraction of sp³-hybridized carbons (Fsp3) is 0.346. The molecule has 1 fully saturated rings. The Balaban J connectivity index is 1.19. The summed E-state index contributed by atoms with van der Waals surface area (Å²) in [5, 5.41) is 8.50. The van der Waals surface area contributed by atoms with Crippen molar-refractivity contribution in [2.45, 2.75) is 30.8 Å². The number of nitrogens with zero attached hydrogens (tertiary/aromatic N) is 1. The minimum atomic E-state index is -0.0794. The Morgan fingerprint density at radius 1 is 0.935 bits per heavy atom. The van der Waals surface area contributed by atoms with E-state index in [-0.39, 0.29) is 6.03 Å². The van der Waals surface area contributed by atoms with Gasteiger partial charge in [-0.05, 0) is 66.1 Å². The van der Waals surface area contributed by atoms with Gasteiger partial charge in [-0.25, -0.2) is 4.79 Å². The first kappa shape index (κ1) is 21.7. The monoisotopic (exact) mass is 433 g/mol. The minimum absolute atomic E-state index is 0.0794. The standard InChI is InChI=1S/C26H31N3OS/c1-31-25-12-5-3-8-23(25)19-29-15-13-20(14-16-29)17-27-26(30)28-18-22-10-6-9-21-7-2-4-11-24(21)22/h2-12,20H,13-19H2,1H3,(H2,27,28,30). The average molecular weight is 434 g/mol. The van der Waals surface area contributed by atoms with Gasteiger partial charge in [0.25, 0.3) is 0 Å². The lowest BCUT2D eigenvalue weighted by Crippen LogP contribution is -2.41. The van der Waals surface area contributed by atoms with Gasteiger partial charge in [-0.15, -0.1) is 11.8 Å². The third kappa shape index (κ3) is 5.81. The molecule has 3 aromatic rings. The van der Waals surface area contributed by atoms with Crippen molar-refractivity contribution in [1.82, 2.24) is 15.5 Å². The molecule has 3 aromatic carbocycles. The van der Waals surface area contributed by atoms with Gasteiger partial charge in [-0.2, -0.15) is 0 Å². The zero-order chi connectivity index (χ0) is 21.5. The smallest absolute Gasteiger partial charge is 0.315 e. The lowest BCUT2D eigenvalue weighted by Gasteiger charge is -2.32. The summed E-state index contributed by atoms with van der Waals surface area (Å²) in [6, 6.07) is 23.1. The van der Waals surface area contributed by atoms with Gasteiger partial charge in [0.05, 0.1) is 0 Å². The summed E-state index contributed by atoms with van der Waals surface area (Å²) in [5.74, 6) is 0.551. The first-order valence-corrected chi connectivity index (χ1v) is 12.3. The predicted octanol–water partition coefficient (Wildman–Crippen LogP) is 5.27. The lowest BCUT2D eigenvalue weighted by molar-refractivity contribution is 0.174. The normalized spacial score (nSPS) is 15.1. The maximum absolute atomic E-state index is 12.3. The van der Waals surface area contributed by atoms with Crippen molar-refractivity contribution < 1.29 is 4.79 Å². The highest BCUT2D eigenvalue weighted by Gasteiger charge is 2.20. The van der Waals surface area contributed by atoms with Crippen LogP contribution in [-0.4, -0.2) is 36.8 Å². The number of hydrogen-bond donors (Lipinski definition) is 2. The van der Waals surface area contributed by atoms with Gasteiger partial charge >= 0.3 is 6.03 Å². The Morgan fingerprint density at radius 2 is 1.65 bits per heavy atom. The minimum Gasteiger partial charge on any atom is -0.338 e. The summed E-state index contributed by atoms with van der Waals surface area (Å²) in [7, 11) is 0. The second kappa shape index (κ2) is 10.7. The summed E-state index contributed by atoms with van der Waals surface area (Å²) < 4.78 is 0. The molecule has 0 radical (unpaired) electrons. The van der Waals surface area contributed by atoms with E-state index in [2.05, 4.69) is 70.3 Å². The number of likely N-dealkylation sites (tertiary alicyclic amines) is 1. The molecule has 1 saturated heterocycles. The van der Waals surface area contributed by atoms with E-state index in [4.69, 9.17) is 0 Å². The molecule has 0 spiro atoms. The molecule has 5 heteroatoms. The largest absolute Gasteiger partial charge is 0.338 e. The van der Waals surface area contributed by atoms with Gasteiger partial charge in [-0.3, -0.25) is 4.90 Å². The molecule has 1 heterocycles. The van der Waals surface area contributed by atoms with Gasteiger partial charge < -0.3 is 10.6 Å². The van der Waals surface area contributed by atoms with Crippen molar-refractivity contribution in [1.29, 1.82) is 0 Å². The number of hydrogen-bond acceptors (Lipinski definition) is 3. The summed E-state index contributed by atoms with van der Waals surface area (Å²) >= 11 is 1.82. The average Bonchev–Trinajstić information content (AvgIpc) is 2.82. The van der Waals surface area contributed by atoms with Gasteiger partial charge in [0.1, 0.15) is 0 Å². The fourth-order valence-electron chi connectivity index (χ4n) is 4.34. The molecule has 0 unspecified atom stereocenters. The van der Waals surface area contributed by atoms with E-state index >= 15 is 0 Å². The molecular formula is C26H31N3OS. The predicted molar refractivity (Wildman–Crippen MR) is 130 cm³/mol. The number of nitrogens with one attached hydrogen (secondary N) is 2. The van der Waals surface area contributed by atoms with E-state index < -0.39 is 0 Å². The number of rotatable bonds is 7. The molecule has 2 amide bonds. The molecular weight excluding hydrogens is 402 g/mol. The number of thioether (sulfide) groups is 1. The summed E-state index contributed by atoms with van der Waals surface area (Å²) in [5.41, 5.74) is 2.56. The molecule has 2 N–H and O–H groups in total. The van der Waals surface area contributed by atoms with Crippen molar-refractivity contribution in [3.05, 3.63) is 77.9 Å². The first-order chi connectivity index (χ1) is 15.2. The Morgan fingerprint density at radius 3 is 2.48 bits per heavy atom. The Labute approximate surface area is 189 Å². The number of carbonyl (C=O) groups is 1. The highest BCUT2D eigenvalue weighted by molar-refractivity contribution is 7.98. The van der Waals surface area contributed by atoms with Crippen LogP contribution in [0, 0.1) is 5.92 Å². The van der Waals surface area contributed by atoms with E-state index in [1.54, 1.807) is 0 Å². The zero-order valence-electron chi connectivity index (χ0n) is 18.1. The van der Waals surface area contributed by atoms with E-state index in [0.717, 1.165) is 44.6 Å². The summed E-state index contributed by atoms with van der Waals surface area (Å²) in [6.07, 6.45) is 4.40. The van der Waals surface area contributed by atoms with Gasteiger partial charge in [0.2, 0.25) is 0 Å². The molecule has 0 bridgehead atoms. The van der Waals surface area contributed by atoms with E-state index in [1.165, 1.54) is 21.2 Å². The quantitative estimate of drug-likeness (QED) is 0.499. The molecule has 4 rings (SSSR count). The van der Waals surface area contributed by atoms with Crippen LogP contribution in [0.15, 0.2) is 71.6 Å². The highest BCUT2D eigenvalue weighted by Crippen LogP contribution is 2.24. The third-order valence-corrected chi connectivity index (χ3v) is 7.00. The Hall–Kier alpha value is -2.50. The van der Waals surface area contributed by atoms with E-state index in [0.29, 0.717) is 12.5 Å². The van der Waals surface area contributed by atoms with Crippen molar-refractivity contribution in [3.63, 3.8) is 0 Å². The molecule has 0 saturated carbocycles. The van der Waals surface area contributed by atoms with Crippen LogP contribution in [0.5, 0.6) is 0 Å². The summed E-state index contributed by atoms with van der Waals surface area (Å²) in [6.45, 7) is 4.49. The van der Waals surface area contributed by atoms with Crippen molar-refractivity contribution in [3.8, 4) is 0 Å². The van der Waals surface area contributed by atoms with Crippen LogP contribution in [0.4, 0.5) is 4.79 Å². The van der Waals surface area contributed by atoms with E-state index in [9.17, 15) is 4.79 Å². The molecule has 0 atom stereocenters. The molecule has 4 nitrogen and oxygen atoms in total. The van der Waals surface area contributed by atoms with Crippen molar-refractivity contribution in [2.24, 2.45) is 5.92 Å². The second-order valence-electron chi connectivity index (χ2n) is 8.23. The number of benzene rings is 3. The van der Waals surface area contributed by atoms with Gasteiger partial charge in [0, 0.05) is 24.5 Å². The maximum Gasteiger partial charge on any atom is 0.315 e. The molecule has 162 valence electrons. The Kier molecular flexibility index (Phi) is 7.49. The molecule has 0 aromatic heterocycles. The summed E-state index contributed by atoms with van der Waals surface area (Å²) in [4.78, 5) is 16.2. The number of carbonyl (C=O) groups excluding carboxylic acids is 1. The molecule has 0 aliphatic carbocycles. The molecule has 1 aliphatic rings. The van der Waals surface area contributed by atoms with Crippen LogP contribution < -0.4 is 10.6 Å². The van der Waals surface area contributed by atoms with Crippen molar-refractivity contribution >= 4 is 28.6 Å². The number of fused-ring (bicyclic) bond motifs is 1. The van der Waals surface area contributed by atoms with Crippen LogP contribution in [0.2, 0.25) is 0 Å². The number of urea groups is 1. The fourth-order valence-corrected chi connectivity index (χ4v) is 4.95. The second-order valence-corrected chi connectivity index (χ2v) is 9.08. The van der Waals surface area contributed by atoms with Crippen LogP contribution in [-0.2, 0) is 13.1 Å². The zero-order valence-corrected chi connectivity index (χ0v) is 19.0. The third-order valence-electron chi connectivity index (χ3n) is 6.16. The van der Waals surface area contributed by atoms with Crippen LogP contribution >= 0.6 is 11.8 Å². The van der Waals surface area contributed by atoms with Crippen LogP contribution in [0.3, 0.4) is 0 Å². The van der Waals surface area contributed by atoms with Gasteiger partial charge in [-0.1, -0.05) is 60.7 Å². The number of piperidine rings is 1. The SMILES string of the molecule is CSc1ccccc1CN1CCC(CNC(=O)NCc2cccc3ccccc23)CC1. The Bertz CT molecular complexity index is 1010. The topological polar surface area (TPSA) is 44.4 Å². The van der Waals surface area contributed by atoms with E-state index in [1.807, 2.05) is 30.0 Å².